The molecule has 0 saturated carbocycles. The first-order chi connectivity index (χ1) is 62.0. The van der Waals surface area contributed by atoms with Crippen molar-refractivity contribution in [2.45, 2.75) is 119 Å². The Morgan fingerprint density at radius 1 is 0.348 bits per heavy atom. The number of tetrazole rings is 5. The van der Waals surface area contributed by atoms with Gasteiger partial charge in [0.2, 0.25) is 0 Å². The average Bonchev–Trinajstić information content (AvgIpc) is 1.68. The van der Waals surface area contributed by atoms with E-state index in [0.29, 0.717) is 101 Å². The van der Waals surface area contributed by atoms with E-state index in [4.69, 9.17) is 91.2 Å². The Kier molecular flexibility index (Phi) is 46.5. The van der Waals surface area contributed by atoms with Gasteiger partial charge in [0.25, 0.3) is 0 Å². The van der Waals surface area contributed by atoms with Gasteiger partial charge in [-0.2, -0.15) is 206 Å². The zero-order valence-corrected chi connectivity index (χ0v) is 94.4. The second kappa shape index (κ2) is 54.2. The molecule has 0 amide bonds. The van der Waals surface area contributed by atoms with E-state index in [1.807, 2.05) is 122 Å². The van der Waals surface area contributed by atoms with Crippen LogP contribution in [0, 0.1) is 71.9 Å². The number of nitrogens with zero attached hydrogens (tertiary/aromatic N) is 20. The fourth-order valence-corrected chi connectivity index (χ4v) is 13.9. The molecule has 0 spiro atoms. The Balaban J connectivity index is 0.000000257. The molecule has 0 aliphatic rings. The van der Waals surface area contributed by atoms with Crippen LogP contribution in [-0.2, 0) is 238 Å². The molecule has 10 aromatic carbocycles. The summed E-state index contributed by atoms with van der Waals surface area (Å²) in [4.78, 5) is 62.1. The van der Waals surface area contributed by atoms with Crippen LogP contribution in [0.1, 0.15) is 94.5 Å². The minimum Gasteiger partial charge on any atom is -0.513 e. The van der Waals surface area contributed by atoms with Gasteiger partial charge in [-0.25, -0.2) is 24.0 Å². The van der Waals surface area contributed by atoms with Crippen LogP contribution in [-0.4, -0.2) is 117 Å². The first-order valence-corrected chi connectivity index (χ1v) is 42.5. The van der Waals surface area contributed by atoms with Crippen molar-refractivity contribution in [3.05, 3.63) is 326 Å². The van der Waals surface area contributed by atoms with Gasteiger partial charge in [0.1, 0.15) is 44.5 Å². The van der Waals surface area contributed by atoms with E-state index < -0.39 is 24.0 Å². The summed E-state index contributed by atoms with van der Waals surface area (Å²) in [5.74, 6) is 4.55. The maximum Gasteiger partial charge on any atom is 0.416 e. The Hall–Kier alpha value is -7.74. The van der Waals surface area contributed by atoms with Crippen LogP contribution in [0.2, 0.25) is 25.1 Å². The van der Waals surface area contributed by atoms with E-state index in [9.17, 15) is 37.1 Å². The second-order valence-electron chi connectivity index (χ2n) is 28.7. The van der Waals surface area contributed by atoms with Crippen molar-refractivity contribution < 1.29 is 210 Å². The van der Waals surface area contributed by atoms with Crippen molar-refractivity contribution in [1.29, 1.82) is 0 Å². The summed E-state index contributed by atoms with van der Waals surface area (Å²) in [5.41, 5.74) is 7.55. The fraction of sp³-hybridized carbons (Fsp3) is 0.270. The van der Waals surface area contributed by atoms with Gasteiger partial charge in [-0.15, -0.1) is 42.1 Å². The molecule has 46 heteroatoms. The van der Waals surface area contributed by atoms with Gasteiger partial charge in [-0.1, -0.05) is 77.9 Å². The van der Waals surface area contributed by atoms with Crippen LogP contribution in [0.15, 0.2) is 181 Å². The molecule has 32 nitrogen and oxygen atoms in total. The summed E-state index contributed by atoms with van der Waals surface area (Å²) in [7, 11) is 7.55. The number of hydrogen-bond acceptors (Lipinski definition) is 23. The van der Waals surface area contributed by atoms with E-state index in [-0.39, 0.29) is 241 Å². The van der Waals surface area contributed by atoms with Crippen LogP contribution >= 0.6 is 69.8 Å². The largest absolute Gasteiger partial charge is 0.513 e. The normalized spacial score (nSPS) is 10.6. The van der Waals surface area contributed by atoms with Crippen LogP contribution in [0.4, 0.5) is 13.2 Å². The molecule has 135 heavy (non-hydrogen) atoms. The minimum absolute atomic E-state index is 0. The molecule has 0 saturated heterocycles. The number of ether oxygens (including phenoxy) is 7. The number of benzene rings is 10. The molecule has 0 bridgehead atoms. The number of thioether (sulfide) groups is 1. The third-order valence-electron chi connectivity index (χ3n) is 18.8. The molecular weight excluding hydrogens is 2250 g/mol. The van der Waals surface area contributed by atoms with E-state index in [2.05, 4.69) is 89.4 Å². The van der Waals surface area contributed by atoms with Crippen molar-refractivity contribution in [3.8, 4) is 68.7 Å². The quantitative estimate of drug-likeness (QED) is 0.0359. The maximum absolute atomic E-state index is 13.5. The molecule has 0 atom stereocenters. The van der Waals surface area contributed by atoms with Crippen molar-refractivity contribution in [1.82, 2.24) is 99.0 Å². The van der Waals surface area contributed by atoms with Crippen molar-refractivity contribution >= 4 is 69.8 Å². The van der Waals surface area contributed by atoms with Gasteiger partial charge < -0.3 is 33.2 Å². The predicted octanol–water partition coefficient (Wildman–Crippen LogP) is 15.1. The van der Waals surface area contributed by atoms with E-state index in [1.54, 1.807) is 100 Å². The maximum atomic E-state index is 13.5. The Morgan fingerprint density at radius 2 is 0.615 bits per heavy atom. The molecule has 15 aromatic rings. The van der Waals surface area contributed by atoms with Gasteiger partial charge in [0.15, 0.2) is 0 Å². The number of alkyl halides is 3. The van der Waals surface area contributed by atoms with Crippen molar-refractivity contribution in [3.63, 3.8) is 0 Å². The smallest absolute Gasteiger partial charge is 0.416 e. The Bertz CT molecular complexity index is 6710. The van der Waals surface area contributed by atoms with Gasteiger partial charge in [-0.3, -0.25) is 0 Å². The summed E-state index contributed by atoms with van der Waals surface area (Å²) in [6.07, 6.45) is -4.69. The molecule has 0 N–H and O–H groups in total. The molecule has 15 rings (SSSR count). The molecule has 695 valence electrons. The SMILES string of the molecule is CCOc1cccc(-n2nnn(C)c2=O)c1COc1cc(C)[c-]cc1Cl.CCSc1cccc(-n2nnn(C)c2=O)c1COc1cc(C)[c-]cc1Cl.Cc1[c-]cc(Cl)c(OCc2c(-n3nnn(C)c3=O)cccc2C(F)(F)F)c1.Cc1[c-]cc(Cl)c(OCc2c(C)cccc2-n2nnn(C)c2=O)c1.Cc1[c-]cc(Cl)c(OCc2c(OC(C)C)cccc2-n2nnn(C)c2=O)c1.[Y].[Y].[Y].[Y].[Y]. The Labute approximate surface area is 929 Å². The molecule has 5 radical (unpaired) electrons. The van der Waals surface area contributed by atoms with Crippen LogP contribution < -0.4 is 61.6 Å². The predicted molar refractivity (Wildman–Crippen MR) is 483 cm³/mol. The summed E-state index contributed by atoms with van der Waals surface area (Å²) in [6, 6.07) is 57.5. The summed E-state index contributed by atoms with van der Waals surface area (Å²) in [6.45, 7) is 20.0. The van der Waals surface area contributed by atoms with Crippen LogP contribution in [0.3, 0.4) is 0 Å². The third kappa shape index (κ3) is 30.4. The number of aromatic nitrogens is 20. The zero-order chi connectivity index (χ0) is 93.9. The molecule has 0 aliphatic heterocycles. The van der Waals surface area contributed by atoms with Gasteiger partial charge in [0, 0.05) is 249 Å². The number of halogens is 8. The van der Waals surface area contributed by atoms with E-state index >= 15 is 0 Å². The van der Waals surface area contributed by atoms with Gasteiger partial charge in [0.05, 0.1) is 57.8 Å². The standard InChI is InChI=1S/C19H20ClN4O3.C18H18ClN4O3.C18H18ClN4O2S.C17H13ClF3N4O2.C17H16ClN4O2.5Y/c1-12(2)27-17-7-5-6-16(24-19(25)23(4)21-22-24)14(17)11-26-18-10-13(3)8-9-15(18)20;1-4-25-16-7-5-6-15(23-18(24)22(3)20-21-23)13(16)11-26-17-10-12(2)8-9-14(17)19;1-4-26-17-7-5-6-15(23-18(24)22(3)20-21-23)13(17)11-25-16-10-12(2)8-9-14(16)19;1-10-6-7-13(18)15(8-10)27-9-11-12(17(19,20)21)4-3-5-14(11)25-16(26)24(2)22-23-25;1-11-7-8-14(18)16(9-11)24-10-13-12(2)5-4-6-15(13)22-17(23)21(3)19-20-22;;;;;/h5-7,9-10,12H,11H2,1-4H3;2*5-7,9-10H,4,11H2,1-3H3;3-5,7-8H,9H2,1-2H3;4-6,8-9H,10H2,1-3H3;;;;;/q5*-1;;;;;. The first-order valence-electron chi connectivity index (χ1n) is 39.6. The summed E-state index contributed by atoms with van der Waals surface area (Å²) < 4.78 is 92.7. The summed E-state index contributed by atoms with van der Waals surface area (Å²) >= 11 is 32.4. The van der Waals surface area contributed by atoms with Crippen molar-refractivity contribution in [2.24, 2.45) is 35.2 Å². The van der Waals surface area contributed by atoms with Gasteiger partial charge >= 0.3 is 34.6 Å². The van der Waals surface area contributed by atoms with E-state index in [0.717, 1.165) is 74.4 Å². The fourth-order valence-electron chi connectivity index (χ4n) is 12.3. The molecule has 0 fully saturated rings. The minimum atomic E-state index is -4.65. The summed E-state index contributed by atoms with van der Waals surface area (Å²) in [5, 5.41) is 40.1. The van der Waals surface area contributed by atoms with Crippen LogP contribution in [0.25, 0.3) is 28.4 Å². The third-order valence-corrected chi connectivity index (χ3v) is 21.2. The molecule has 0 aliphatic carbocycles. The second-order valence-corrected chi connectivity index (χ2v) is 32.1. The number of hydrogen-bond donors (Lipinski definition) is 0. The number of aryl methyl sites for hydroxylation is 11. The van der Waals surface area contributed by atoms with Gasteiger partial charge in [-0.05, 0) is 171 Å². The first kappa shape index (κ1) is 116. The van der Waals surface area contributed by atoms with Crippen LogP contribution in [0.5, 0.6) is 40.2 Å². The molecular formula is C89H85Cl5F3N20O12SY5-5. The molecule has 5 heterocycles. The molecule has 5 aromatic heterocycles. The Morgan fingerprint density at radius 3 is 0.919 bits per heavy atom. The molecule has 0 unspecified atom stereocenters. The zero-order valence-electron chi connectivity index (χ0n) is 75.6. The van der Waals surface area contributed by atoms with E-state index in [1.165, 1.54) is 60.4 Å². The number of rotatable bonds is 26. The topological polar surface area (TPSA) is 328 Å². The van der Waals surface area contributed by atoms with Crippen molar-refractivity contribution in [2.75, 3.05) is 12.4 Å². The average molecular weight is 2340 g/mol. The monoisotopic (exact) mass is 2330 g/mol.